The molecular weight excluding hydrogens is 472 g/mol. The smallest absolute Gasteiger partial charge is 0.276 e. The number of nitrogens with two attached hydrogens (primary N) is 2. The van der Waals surface area contributed by atoms with E-state index in [0.29, 0.717) is 26.2 Å². The second kappa shape index (κ2) is 10.5. The molecule has 0 saturated carbocycles. The van der Waals surface area contributed by atoms with Crippen LogP contribution < -0.4 is 21.4 Å². The number of amides is 1. The molecule has 186 valence electrons. The van der Waals surface area contributed by atoms with Crippen LogP contribution >= 0.6 is 11.6 Å². The number of aryl methyl sites for hydroxylation is 2. The van der Waals surface area contributed by atoms with Crippen molar-refractivity contribution in [1.29, 1.82) is 0 Å². The second-order valence-corrected chi connectivity index (χ2v) is 8.71. The number of anilines is 2. The number of aromatic nitrogens is 4. The highest BCUT2D eigenvalue weighted by Gasteiger charge is 2.27. The summed E-state index contributed by atoms with van der Waals surface area (Å²) in [6.07, 6.45) is 1.39. The number of ether oxygens (including phenoxy) is 1. The van der Waals surface area contributed by atoms with E-state index in [9.17, 15) is 9.59 Å². The summed E-state index contributed by atoms with van der Waals surface area (Å²) >= 11 is 5.92. The Morgan fingerprint density at radius 2 is 2.03 bits per heavy atom. The number of fused-ring (bicyclic) bond motifs is 1. The monoisotopic (exact) mass is 501 g/mol. The number of benzene rings is 1. The average molecular weight is 502 g/mol. The summed E-state index contributed by atoms with van der Waals surface area (Å²) in [5.41, 5.74) is 14.5. The zero-order valence-corrected chi connectivity index (χ0v) is 20.6. The number of aldehydes is 1. The summed E-state index contributed by atoms with van der Waals surface area (Å²) < 4.78 is 9.67. The Balaban J connectivity index is 1.64. The molecule has 1 fully saturated rings. The van der Waals surface area contributed by atoms with Crippen molar-refractivity contribution in [3.05, 3.63) is 40.4 Å². The van der Waals surface area contributed by atoms with Gasteiger partial charge in [0, 0.05) is 25.6 Å². The predicted molar refractivity (Wildman–Crippen MR) is 132 cm³/mol. The number of hydrogen-bond donors (Lipinski definition) is 3. The maximum absolute atomic E-state index is 12.8. The van der Waals surface area contributed by atoms with E-state index in [1.165, 1.54) is 0 Å². The molecule has 1 saturated heterocycles. The van der Waals surface area contributed by atoms with Gasteiger partial charge in [0.1, 0.15) is 12.8 Å². The minimum Gasteiger partial charge on any atom is -0.382 e. The predicted octanol–water partition coefficient (Wildman–Crippen LogP) is 0.986. The lowest BCUT2D eigenvalue weighted by Crippen LogP contribution is -2.39. The highest BCUT2D eigenvalue weighted by Crippen LogP contribution is 2.28. The Morgan fingerprint density at radius 3 is 2.71 bits per heavy atom. The third kappa shape index (κ3) is 4.93. The summed E-state index contributed by atoms with van der Waals surface area (Å²) in [5.74, 6) is 0.279. The van der Waals surface area contributed by atoms with Gasteiger partial charge in [0.05, 0.1) is 26.8 Å². The Labute approximate surface area is 208 Å². The molecule has 1 atom stereocenters. The van der Waals surface area contributed by atoms with Gasteiger partial charge in [-0.15, -0.1) is 0 Å². The molecule has 1 unspecified atom stereocenters. The van der Waals surface area contributed by atoms with E-state index in [2.05, 4.69) is 43.0 Å². The van der Waals surface area contributed by atoms with Gasteiger partial charge >= 0.3 is 0 Å². The molecule has 4 rings (SSSR count). The maximum Gasteiger partial charge on any atom is 0.276 e. The van der Waals surface area contributed by atoms with Gasteiger partial charge in [-0.05, 0) is 24.6 Å². The number of morpholine rings is 1. The molecule has 1 aliphatic rings. The first-order chi connectivity index (χ1) is 16.8. The van der Waals surface area contributed by atoms with Gasteiger partial charge in [-0.2, -0.15) is 0 Å². The normalized spacial score (nSPS) is 15.3. The van der Waals surface area contributed by atoms with Crippen LogP contribution in [0.1, 0.15) is 41.3 Å². The van der Waals surface area contributed by atoms with Crippen LogP contribution in [-0.4, -0.2) is 57.9 Å². The highest BCUT2D eigenvalue weighted by atomic mass is 35.5. The van der Waals surface area contributed by atoms with E-state index in [4.69, 9.17) is 27.8 Å². The van der Waals surface area contributed by atoms with Crippen LogP contribution in [0.5, 0.6) is 0 Å². The number of nitrogens with one attached hydrogen (secondary N) is 1. The van der Waals surface area contributed by atoms with Gasteiger partial charge in [0.2, 0.25) is 0 Å². The van der Waals surface area contributed by atoms with Crippen LogP contribution in [0.2, 0.25) is 5.15 Å². The first kappa shape index (κ1) is 24.8. The van der Waals surface area contributed by atoms with Gasteiger partial charge in [0.25, 0.3) is 11.7 Å². The minimum absolute atomic E-state index is 0.00807. The number of rotatable bonds is 8. The maximum atomic E-state index is 12.8. The number of hydrogen-bond acceptors (Lipinski definition) is 8. The fourth-order valence-corrected chi connectivity index (χ4v) is 4.73. The summed E-state index contributed by atoms with van der Waals surface area (Å²) in [7, 11) is 1.95. The molecule has 3 aromatic rings. The minimum atomic E-state index is -0.496. The molecule has 1 aliphatic heterocycles. The largest absolute Gasteiger partial charge is 0.382 e. The lowest BCUT2D eigenvalue weighted by Gasteiger charge is -2.33. The Morgan fingerprint density at radius 1 is 1.29 bits per heavy atom. The molecule has 3 heterocycles. The van der Waals surface area contributed by atoms with Crippen LogP contribution in [0.3, 0.4) is 0 Å². The molecule has 35 heavy (non-hydrogen) atoms. The van der Waals surface area contributed by atoms with E-state index in [0.717, 1.165) is 41.8 Å². The van der Waals surface area contributed by atoms with E-state index < -0.39 is 5.91 Å². The molecule has 1 aromatic carbocycles. The van der Waals surface area contributed by atoms with E-state index in [1.807, 2.05) is 18.5 Å². The standard InChI is InChI=1S/C23H29ClN8O3/c1-3-32-17-12-14(15(6-9-33)31-7-10-35-11-8-31)4-5-16(17)30(2)18(32)13-27-23(34)19-21(25)29-22(26)20(24)28-19/h4-5,9,12,15H,3,6-8,10-11,13H2,1-2H3,(H4-,25,26,27,29,34)/p+1. The second-order valence-electron chi connectivity index (χ2n) is 8.35. The number of nitrogens with zero attached hydrogens (tertiary/aromatic N) is 5. The van der Waals surface area contributed by atoms with Crippen molar-refractivity contribution in [2.24, 2.45) is 7.05 Å². The SMILES string of the molecule is CCn1c(CNC(=O)c2nc(Cl)c(N)nc2N)[n+](C)c2ccc(C(CC=O)N3CCOCC3)cc21. The van der Waals surface area contributed by atoms with E-state index in [-0.39, 0.29) is 35.1 Å². The number of nitrogen functional groups attached to an aromatic ring is 2. The lowest BCUT2D eigenvalue weighted by molar-refractivity contribution is -0.654. The van der Waals surface area contributed by atoms with Crippen LogP contribution in [0.15, 0.2) is 18.2 Å². The highest BCUT2D eigenvalue weighted by molar-refractivity contribution is 6.31. The van der Waals surface area contributed by atoms with E-state index in [1.54, 1.807) is 0 Å². The van der Waals surface area contributed by atoms with Gasteiger partial charge in [-0.1, -0.05) is 17.7 Å². The fraction of sp³-hybridized carbons (Fsp3) is 0.435. The summed E-state index contributed by atoms with van der Waals surface area (Å²) in [4.78, 5) is 34.4. The Bertz CT molecular complexity index is 1260. The van der Waals surface area contributed by atoms with Gasteiger partial charge in [-0.25, -0.2) is 19.1 Å². The lowest BCUT2D eigenvalue weighted by atomic mass is 10.0. The molecule has 11 nitrogen and oxygen atoms in total. The fourth-order valence-electron chi connectivity index (χ4n) is 4.60. The van der Waals surface area contributed by atoms with Gasteiger partial charge in [-0.3, -0.25) is 9.69 Å². The van der Waals surface area contributed by atoms with Gasteiger partial charge < -0.3 is 26.3 Å². The van der Waals surface area contributed by atoms with Crippen LogP contribution in [-0.2, 0) is 29.7 Å². The Hall–Kier alpha value is -3.28. The van der Waals surface area contributed by atoms with Crippen molar-refractivity contribution in [3.8, 4) is 0 Å². The first-order valence-corrected chi connectivity index (χ1v) is 11.9. The van der Waals surface area contributed by atoms with Crippen molar-refractivity contribution >= 4 is 46.5 Å². The number of halogens is 1. The first-order valence-electron chi connectivity index (χ1n) is 11.5. The van der Waals surface area contributed by atoms with Crippen molar-refractivity contribution in [2.45, 2.75) is 32.5 Å². The molecule has 0 bridgehead atoms. The summed E-state index contributed by atoms with van der Waals surface area (Å²) in [6, 6.07) is 6.26. The topological polar surface area (TPSA) is 145 Å². The quantitative estimate of drug-likeness (QED) is 0.306. The van der Waals surface area contributed by atoms with Crippen LogP contribution in [0.25, 0.3) is 11.0 Å². The number of carbonyl (C=O) groups is 2. The third-order valence-corrected chi connectivity index (χ3v) is 6.66. The Kier molecular flexibility index (Phi) is 7.48. The number of imidazole rings is 1. The molecule has 12 heteroatoms. The van der Waals surface area contributed by atoms with Crippen molar-refractivity contribution in [1.82, 2.24) is 24.8 Å². The third-order valence-electron chi connectivity index (χ3n) is 6.38. The van der Waals surface area contributed by atoms with E-state index >= 15 is 0 Å². The van der Waals surface area contributed by atoms with Crippen molar-refractivity contribution in [2.75, 3.05) is 37.8 Å². The van der Waals surface area contributed by atoms with Crippen molar-refractivity contribution in [3.63, 3.8) is 0 Å². The molecule has 0 aliphatic carbocycles. The molecule has 0 radical (unpaired) electrons. The zero-order valence-electron chi connectivity index (χ0n) is 19.8. The molecule has 1 amide bonds. The summed E-state index contributed by atoms with van der Waals surface area (Å²) in [6.45, 7) is 5.88. The number of carbonyl (C=O) groups excluding carboxylic acids is 2. The molecular formula is C23H30ClN8O3+. The van der Waals surface area contributed by atoms with Crippen molar-refractivity contribution < 1.29 is 18.9 Å². The van der Waals surface area contributed by atoms with Gasteiger partial charge in [0.15, 0.2) is 33.5 Å². The molecule has 5 N–H and O–H groups in total. The zero-order chi connectivity index (χ0) is 25.1. The average Bonchev–Trinajstić information content (AvgIpc) is 3.13. The molecule has 0 spiro atoms. The van der Waals surface area contributed by atoms with Crippen LogP contribution in [0.4, 0.5) is 11.6 Å². The molecule has 2 aromatic heterocycles. The van der Waals surface area contributed by atoms with Crippen LogP contribution in [0, 0.1) is 0 Å². The summed E-state index contributed by atoms with van der Waals surface area (Å²) in [5, 5.41) is 2.78.